The summed E-state index contributed by atoms with van der Waals surface area (Å²) in [5.74, 6) is 0.115. The minimum absolute atomic E-state index is 0.115. The Kier molecular flexibility index (Phi) is 4.48. The van der Waals surface area contributed by atoms with Gasteiger partial charge in [-0.1, -0.05) is 6.92 Å². The first-order valence-electron chi connectivity index (χ1n) is 7.22. The fourth-order valence-corrected chi connectivity index (χ4v) is 2.77. The van der Waals surface area contributed by atoms with Gasteiger partial charge < -0.3 is 9.64 Å². The Bertz CT molecular complexity index is 475. The lowest BCUT2D eigenvalue weighted by Gasteiger charge is -2.36. The normalized spacial score (nSPS) is 18.0. The molecule has 1 fully saturated rings. The number of aromatic nitrogens is 2. The van der Waals surface area contributed by atoms with Crippen molar-refractivity contribution in [1.82, 2.24) is 14.7 Å². The van der Waals surface area contributed by atoms with Crippen molar-refractivity contribution in [1.29, 1.82) is 0 Å². The van der Waals surface area contributed by atoms with Gasteiger partial charge in [-0.25, -0.2) is 0 Å². The zero-order valence-electron chi connectivity index (χ0n) is 13.0. The molecular weight excluding hydrogens is 254 g/mol. The van der Waals surface area contributed by atoms with Gasteiger partial charge in [0.1, 0.15) is 6.54 Å². The van der Waals surface area contributed by atoms with Crippen LogP contribution in [-0.4, -0.2) is 47.4 Å². The second-order valence-electron chi connectivity index (χ2n) is 6.26. The van der Waals surface area contributed by atoms with Crippen molar-refractivity contribution < 1.29 is 9.53 Å². The van der Waals surface area contributed by atoms with Gasteiger partial charge in [-0.15, -0.1) is 0 Å². The Morgan fingerprint density at radius 2 is 2.10 bits per heavy atom. The zero-order valence-corrected chi connectivity index (χ0v) is 13.0. The molecule has 0 N–H and O–H groups in total. The molecule has 0 atom stereocenters. The van der Waals surface area contributed by atoms with Crippen LogP contribution in [0.1, 0.15) is 31.2 Å². The summed E-state index contributed by atoms with van der Waals surface area (Å²) >= 11 is 0. The SMILES string of the molecule is Cc1cc(C)n(CC(=O)N(C)CC2(C)CCOCC2)n1. The maximum Gasteiger partial charge on any atom is 0.244 e. The van der Waals surface area contributed by atoms with Crippen LogP contribution in [0.15, 0.2) is 6.07 Å². The quantitative estimate of drug-likeness (QED) is 0.844. The van der Waals surface area contributed by atoms with E-state index in [1.165, 1.54) is 0 Å². The highest BCUT2D eigenvalue weighted by molar-refractivity contribution is 5.75. The van der Waals surface area contributed by atoms with Gasteiger partial charge in [0.15, 0.2) is 0 Å². The molecule has 0 unspecified atom stereocenters. The highest BCUT2D eigenvalue weighted by Crippen LogP contribution is 2.30. The van der Waals surface area contributed by atoms with Gasteiger partial charge in [-0.05, 0) is 38.2 Å². The van der Waals surface area contributed by atoms with Gasteiger partial charge in [0.05, 0.1) is 5.69 Å². The highest BCUT2D eigenvalue weighted by Gasteiger charge is 2.30. The van der Waals surface area contributed by atoms with E-state index in [0.717, 1.165) is 44.0 Å². The molecule has 2 rings (SSSR count). The molecule has 1 amide bonds. The van der Waals surface area contributed by atoms with Gasteiger partial charge in [-0.2, -0.15) is 5.10 Å². The first-order valence-corrected chi connectivity index (χ1v) is 7.22. The van der Waals surface area contributed by atoms with Crippen LogP contribution in [0.25, 0.3) is 0 Å². The maximum absolute atomic E-state index is 12.3. The minimum Gasteiger partial charge on any atom is -0.381 e. The molecule has 1 saturated heterocycles. The first-order chi connectivity index (χ1) is 9.39. The lowest BCUT2D eigenvalue weighted by Crippen LogP contribution is -2.41. The van der Waals surface area contributed by atoms with Gasteiger partial charge in [0.25, 0.3) is 0 Å². The molecule has 0 radical (unpaired) electrons. The average Bonchev–Trinajstić information content (AvgIpc) is 2.68. The predicted molar refractivity (Wildman–Crippen MR) is 77.5 cm³/mol. The molecular formula is C15H25N3O2. The largest absolute Gasteiger partial charge is 0.381 e. The van der Waals surface area contributed by atoms with Crippen molar-refractivity contribution in [2.24, 2.45) is 5.41 Å². The van der Waals surface area contributed by atoms with Gasteiger partial charge in [-0.3, -0.25) is 9.48 Å². The van der Waals surface area contributed by atoms with Crippen molar-refractivity contribution in [3.63, 3.8) is 0 Å². The number of amides is 1. The smallest absolute Gasteiger partial charge is 0.244 e. The van der Waals surface area contributed by atoms with E-state index in [1.807, 2.05) is 31.9 Å². The summed E-state index contributed by atoms with van der Waals surface area (Å²) in [5, 5.41) is 4.35. The summed E-state index contributed by atoms with van der Waals surface area (Å²) in [7, 11) is 1.88. The van der Waals surface area contributed by atoms with E-state index in [4.69, 9.17) is 4.74 Å². The molecule has 1 aromatic heterocycles. The van der Waals surface area contributed by atoms with Crippen LogP contribution < -0.4 is 0 Å². The van der Waals surface area contributed by atoms with E-state index in [9.17, 15) is 4.79 Å². The van der Waals surface area contributed by atoms with Gasteiger partial charge >= 0.3 is 0 Å². The Hall–Kier alpha value is -1.36. The Morgan fingerprint density at radius 1 is 1.45 bits per heavy atom. The molecule has 5 nitrogen and oxygen atoms in total. The number of carbonyl (C=O) groups excluding carboxylic acids is 1. The van der Waals surface area contributed by atoms with E-state index >= 15 is 0 Å². The van der Waals surface area contributed by atoms with Crippen LogP contribution in [0.2, 0.25) is 0 Å². The average molecular weight is 279 g/mol. The van der Waals surface area contributed by atoms with Crippen LogP contribution in [0.4, 0.5) is 0 Å². The lowest BCUT2D eigenvalue weighted by atomic mass is 9.82. The predicted octanol–water partition coefficient (Wildman–Crippen LogP) is 1.78. The van der Waals surface area contributed by atoms with Crippen molar-refractivity contribution in [2.75, 3.05) is 26.8 Å². The summed E-state index contributed by atoms with van der Waals surface area (Å²) in [6.45, 7) is 8.87. The molecule has 0 saturated carbocycles. The Balaban J connectivity index is 1.93. The molecule has 1 aromatic rings. The summed E-state index contributed by atoms with van der Waals surface area (Å²) < 4.78 is 7.18. The standard InChI is InChI=1S/C15H25N3O2/c1-12-9-13(2)18(16-12)10-14(19)17(4)11-15(3)5-7-20-8-6-15/h9H,5-8,10-11H2,1-4H3. The number of hydrogen-bond donors (Lipinski definition) is 0. The molecule has 5 heteroatoms. The highest BCUT2D eigenvalue weighted by atomic mass is 16.5. The monoisotopic (exact) mass is 279 g/mol. The number of hydrogen-bond acceptors (Lipinski definition) is 3. The number of aryl methyl sites for hydroxylation is 2. The van der Waals surface area contributed by atoms with Crippen LogP contribution in [0, 0.1) is 19.3 Å². The van der Waals surface area contributed by atoms with Gasteiger partial charge in [0.2, 0.25) is 5.91 Å². The number of carbonyl (C=O) groups is 1. The van der Waals surface area contributed by atoms with Crippen molar-refractivity contribution >= 4 is 5.91 Å². The number of likely N-dealkylation sites (N-methyl/N-ethyl adjacent to an activating group) is 1. The van der Waals surface area contributed by atoms with Crippen LogP contribution in [0.5, 0.6) is 0 Å². The Morgan fingerprint density at radius 3 is 2.65 bits per heavy atom. The van der Waals surface area contributed by atoms with Crippen molar-refractivity contribution in [2.45, 2.75) is 40.2 Å². The summed E-state index contributed by atoms with van der Waals surface area (Å²) in [6, 6.07) is 1.99. The minimum atomic E-state index is 0.115. The number of ether oxygens (including phenoxy) is 1. The summed E-state index contributed by atoms with van der Waals surface area (Å²) in [4.78, 5) is 14.2. The topological polar surface area (TPSA) is 47.4 Å². The van der Waals surface area contributed by atoms with E-state index in [-0.39, 0.29) is 11.3 Å². The molecule has 0 aliphatic carbocycles. The fourth-order valence-electron chi connectivity index (χ4n) is 2.77. The molecule has 20 heavy (non-hydrogen) atoms. The third kappa shape index (κ3) is 3.60. The second kappa shape index (κ2) is 5.95. The van der Waals surface area contributed by atoms with Crippen molar-refractivity contribution in [3.8, 4) is 0 Å². The summed E-state index contributed by atoms with van der Waals surface area (Å²) in [5.41, 5.74) is 2.16. The van der Waals surface area contributed by atoms with E-state index < -0.39 is 0 Å². The molecule has 2 heterocycles. The molecule has 1 aliphatic heterocycles. The number of nitrogens with zero attached hydrogens (tertiary/aromatic N) is 3. The van der Waals surface area contributed by atoms with E-state index in [0.29, 0.717) is 6.54 Å². The molecule has 112 valence electrons. The van der Waals surface area contributed by atoms with Gasteiger partial charge in [0, 0.05) is 32.5 Å². The van der Waals surface area contributed by atoms with Crippen LogP contribution in [0.3, 0.4) is 0 Å². The fraction of sp³-hybridized carbons (Fsp3) is 0.733. The summed E-state index contributed by atoms with van der Waals surface area (Å²) in [6.07, 6.45) is 2.04. The first kappa shape index (κ1) is 15.0. The van der Waals surface area contributed by atoms with Crippen molar-refractivity contribution in [3.05, 3.63) is 17.5 Å². The third-order valence-electron chi connectivity index (χ3n) is 4.13. The van der Waals surface area contributed by atoms with Crippen LogP contribution >= 0.6 is 0 Å². The molecule has 0 aromatic carbocycles. The molecule has 0 bridgehead atoms. The molecule has 1 aliphatic rings. The maximum atomic E-state index is 12.3. The van der Waals surface area contributed by atoms with E-state index in [2.05, 4.69) is 12.0 Å². The lowest BCUT2D eigenvalue weighted by molar-refractivity contribution is -0.133. The van der Waals surface area contributed by atoms with Crippen LogP contribution in [-0.2, 0) is 16.1 Å². The second-order valence-corrected chi connectivity index (χ2v) is 6.26. The zero-order chi connectivity index (χ0) is 14.8. The third-order valence-corrected chi connectivity index (χ3v) is 4.13. The molecule has 0 spiro atoms. The Labute approximate surface area is 120 Å². The number of rotatable bonds is 4. The van der Waals surface area contributed by atoms with E-state index in [1.54, 1.807) is 4.68 Å².